The molecule has 2 heterocycles. The number of aromatic nitrogens is 1. The molecule has 21 heavy (non-hydrogen) atoms. The molecule has 1 amide bonds. The molecule has 1 aliphatic heterocycles. The fourth-order valence-electron chi connectivity index (χ4n) is 2.02. The van der Waals surface area contributed by atoms with Crippen molar-refractivity contribution in [1.29, 1.82) is 0 Å². The van der Waals surface area contributed by atoms with Gasteiger partial charge in [0, 0.05) is 12.6 Å². The van der Waals surface area contributed by atoms with E-state index in [9.17, 15) is 18.0 Å². The predicted molar refractivity (Wildman–Crippen MR) is 70.0 cm³/mol. The van der Waals surface area contributed by atoms with Crippen molar-refractivity contribution in [3.8, 4) is 5.88 Å². The number of pyridine rings is 1. The van der Waals surface area contributed by atoms with Gasteiger partial charge in [0.1, 0.15) is 0 Å². The quantitative estimate of drug-likeness (QED) is 0.892. The molecule has 0 aliphatic carbocycles. The second-order valence-corrected chi connectivity index (χ2v) is 4.82. The summed E-state index contributed by atoms with van der Waals surface area (Å²) < 4.78 is 40.4. The van der Waals surface area contributed by atoms with E-state index in [0.29, 0.717) is 12.2 Å². The maximum absolute atomic E-state index is 12.0. The van der Waals surface area contributed by atoms with E-state index in [2.05, 4.69) is 20.4 Å². The molecule has 1 fully saturated rings. The first-order valence-electron chi connectivity index (χ1n) is 6.61. The summed E-state index contributed by atoms with van der Waals surface area (Å²) in [6.07, 6.45) is -1.36. The highest BCUT2D eigenvalue weighted by Crippen LogP contribution is 2.19. The number of carbonyl (C=O) groups excluding carboxylic acids is 1. The number of nitrogens with one attached hydrogen (secondary N) is 2. The van der Waals surface area contributed by atoms with Gasteiger partial charge in [0.05, 0.1) is 17.8 Å². The largest absolute Gasteiger partial charge is 0.468 e. The van der Waals surface area contributed by atoms with Crippen molar-refractivity contribution in [3.05, 3.63) is 18.3 Å². The molecule has 8 heteroatoms. The van der Waals surface area contributed by atoms with Gasteiger partial charge < -0.3 is 15.4 Å². The Morgan fingerprint density at radius 3 is 2.86 bits per heavy atom. The van der Waals surface area contributed by atoms with E-state index in [1.807, 2.05) is 0 Å². The van der Waals surface area contributed by atoms with E-state index in [0.717, 1.165) is 19.4 Å². The summed E-state index contributed by atoms with van der Waals surface area (Å²) in [5, 5.41) is 5.83. The van der Waals surface area contributed by atoms with E-state index >= 15 is 0 Å². The first-order valence-corrected chi connectivity index (χ1v) is 6.61. The zero-order valence-corrected chi connectivity index (χ0v) is 11.2. The average Bonchev–Trinajstić information content (AvgIpc) is 2.46. The summed E-state index contributed by atoms with van der Waals surface area (Å²) in [5.74, 6) is -0.350. The minimum atomic E-state index is -4.40. The lowest BCUT2D eigenvalue weighted by molar-refractivity contribution is -0.154. The van der Waals surface area contributed by atoms with Crippen LogP contribution in [-0.2, 0) is 4.79 Å². The van der Waals surface area contributed by atoms with Crippen molar-refractivity contribution in [2.45, 2.75) is 19.0 Å². The highest BCUT2D eigenvalue weighted by molar-refractivity contribution is 5.92. The number of carbonyl (C=O) groups is 1. The van der Waals surface area contributed by atoms with E-state index in [-0.39, 0.29) is 17.7 Å². The molecular formula is C13H16F3N3O2. The van der Waals surface area contributed by atoms with Gasteiger partial charge in [-0.05, 0) is 25.5 Å². The normalized spacial score (nSPS) is 19.1. The molecule has 0 radical (unpaired) electrons. The molecule has 2 rings (SSSR count). The van der Waals surface area contributed by atoms with Crippen molar-refractivity contribution in [2.24, 2.45) is 5.92 Å². The van der Waals surface area contributed by atoms with Crippen LogP contribution in [0.3, 0.4) is 0 Å². The van der Waals surface area contributed by atoms with Crippen LogP contribution in [0.4, 0.5) is 18.9 Å². The lowest BCUT2D eigenvalue weighted by atomic mass is 9.99. The second-order valence-electron chi connectivity index (χ2n) is 4.82. The van der Waals surface area contributed by atoms with Crippen LogP contribution in [0.15, 0.2) is 18.3 Å². The molecule has 5 nitrogen and oxygen atoms in total. The van der Waals surface area contributed by atoms with E-state index in [1.165, 1.54) is 18.3 Å². The smallest absolute Gasteiger partial charge is 0.422 e. The van der Waals surface area contributed by atoms with E-state index in [1.54, 1.807) is 0 Å². The van der Waals surface area contributed by atoms with Crippen LogP contribution in [0.25, 0.3) is 0 Å². The molecule has 0 spiro atoms. The van der Waals surface area contributed by atoms with Gasteiger partial charge in [-0.1, -0.05) is 0 Å². The molecule has 1 atom stereocenters. The number of anilines is 1. The molecule has 0 saturated carbocycles. The van der Waals surface area contributed by atoms with E-state index < -0.39 is 12.8 Å². The van der Waals surface area contributed by atoms with Crippen LogP contribution in [0.2, 0.25) is 0 Å². The standard InChI is InChI=1S/C13H16F3N3O2/c14-13(15,16)8-21-11-4-3-10(7-18-11)19-12(20)9-2-1-5-17-6-9/h3-4,7,9,17H,1-2,5-6,8H2,(H,19,20)/t9-/m0/s1. The summed E-state index contributed by atoms with van der Waals surface area (Å²) in [7, 11) is 0. The van der Waals surface area contributed by atoms with Gasteiger partial charge in [0.15, 0.2) is 6.61 Å². The molecule has 1 aliphatic rings. The minimum Gasteiger partial charge on any atom is -0.468 e. The second kappa shape index (κ2) is 6.75. The van der Waals surface area contributed by atoms with Crippen LogP contribution in [0, 0.1) is 5.92 Å². The highest BCUT2D eigenvalue weighted by Gasteiger charge is 2.28. The Kier molecular flexibility index (Phi) is 5.00. The third-order valence-corrected chi connectivity index (χ3v) is 3.06. The molecule has 1 saturated heterocycles. The Morgan fingerprint density at radius 1 is 1.48 bits per heavy atom. The van der Waals surface area contributed by atoms with Crippen molar-refractivity contribution < 1.29 is 22.7 Å². The topological polar surface area (TPSA) is 63.2 Å². The number of rotatable bonds is 4. The monoisotopic (exact) mass is 303 g/mol. The van der Waals surface area contributed by atoms with Gasteiger partial charge >= 0.3 is 6.18 Å². The number of nitrogens with zero attached hydrogens (tertiary/aromatic N) is 1. The first kappa shape index (κ1) is 15.6. The zero-order chi connectivity index (χ0) is 15.3. The highest BCUT2D eigenvalue weighted by atomic mass is 19.4. The number of alkyl halides is 3. The molecule has 116 valence electrons. The third kappa shape index (κ3) is 5.22. The van der Waals surface area contributed by atoms with Gasteiger partial charge in [0.2, 0.25) is 11.8 Å². The summed E-state index contributed by atoms with van der Waals surface area (Å²) >= 11 is 0. The SMILES string of the molecule is O=C(Nc1ccc(OCC(F)(F)F)nc1)[C@H]1CCCNC1. The molecule has 1 aromatic rings. The van der Waals surface area contributed by atoms with Crippen LogP contribution in [-0.4, -0.2) is 36.8 Å². The lowest BCUT2D eigenvalue weighted by Crippen LogP contribution is -2.37. The maximum Gasteiger partial charge on any atom is 0.422 e. The molecule has 1 aromatic heterocycles. The molecule has 2 N–H and O–H groups in total. The summed E-state index contributed by atoms with van der Waals surface area (Å²) in [6, 6.07) is 2.76. The molecule has 0 aromatic carbocycles. The lowest BCUT2D eigenvalue weighted by Gasteiger charge is -2.21. The van der Waals surface area contributed by atoms with E-state index in [4.69, 9.17) is 0 Å². The Bertz CT molecular complexity index is 471. The Balaban J connectivity index is 1.85. The Labute approximate surface area is 119 Å². The summed E-state index contributed by atoms with van der Waals surface area (Å²) in [6.45, 7) is 0.155. The van der Waals surface area contributed by atoms with Gasteiger partial charge in [-0.15, -0.1) is 0 Å². The summed E-state index contributed by atoms with van der Waals surface area (Å²) in [5.41, 5.74) is 0.435. The number of hydrogen-bond donors (Lipinski definition) is 2. The number of hydrogen-bond acceptors (Lipinski definition) is 4. The maximum atomic E-state index is 12.0. The molecule has 0 unspecified atom stereocenters. The van der Waals surface area contributed by atoms with Crippen molar-refractivity contribution in [1.82, 2.24) is 10.3 Å². The Morgan fingerprint density at radius 2 is 2.29 bits per heavy atom. The minimum absolute atomic E-state index is 0.0973. The van der Waals surface area contributed by atoms with Gasteiger partial charge in [0.25, 0.3) is 0 Å². The number of halogens is 3. The first-order chi connectivity index (χ1) is 9.94. The zero-order valence-electron chi connectivity index (χ0n) is 11.2. The van der Waals surface area contributed by atoms with Crippen molar-refractivity contribution >= 4 is 11.6 Å². The van der Waals surface area contributed by atoms with Crippen molar-refractivity contribution in [3.63, 3.8) is 0 Å². The molecule has 0 bridgehead atoms. The third-order valence-electron chi connectivity index (χ3n) is 3.06. The number of ether oxygens (including phenoxy) is 1. The summed E-state index contributed by atoms with van der Waals surface area (Å²) in [4.78, 5) is 15.7. The van der Waals surface area contributed by atoms with Crippen LogP contribution in [0.5, 0.6) is 5.88 Å². The van der Waals surface area contributed by atoms with Crippen LogP contribution >= 0.6 is 0 Å². The van der Waals surface area contributed by atoms with Gasteiger partial charge in [-0.3, -0.25) is 4.79 Å². The van der Waals surface area contributed by atoms with Crippen LogP contribution < -0.4 is 15.4 Å². The average molecular weight is 303 g/mol. The van der Waals surface area contributed by atoms with Crippen molar-refractivity contribution in [2.75, 3.05) is 25.0 Å². The molecular weight excluding hydrogens is 287 g/mol. The predicted octanol–water partition coefficient (Wildman–Crippen LogP) is 1.96. The fraction of sp³-hybridized carbons (Fsp3) is 0.538. The number of amides is 1. The van der Waals surface area contributed by atoms with Gasteiger partial charge in [-0.2, -0.15) is 13.2 Å². The number of piperidine rings is 1. The van der Waals surface area contributed by atoms with Crippen LogP contribution in [0.1, 0.15) is 12.8 Å². The Hall–Kier alpha value is -1.83. The fourth-order valence-corrected chi connectivity index (χ4v) is 2.02. The van der Waals surface area contributed by atoms with Gasteiger partial charge in [-0.25, -0.2) is 4.98 Å².